The molecule has 1 rings (SSSR count). The summed E-state index contributed by atoms with van der Waals surface area (Å²) >= 11 is 1.56. The highest BCUT2D eigenvalue weighted by atomic mass is 32.2. The third kappa shape index (κ3) is 5.10. The fraction of sp³-hybridized carbons (Fsp3) is 0.500. The monoisotopic (exact) mass is 306 g/mol. The number of nitrogens with one attached hydrogen (secondary N) is 2. The first-order chi connectivity index (χ1) is 9.01. The molecule has 19 heavy (non-hydrogen) atoms. The van der Waals surface area contributed by atoms with Gasteiger partial charge in [0.25, 0.3) is 0 Å². The number of halogens is 1. The molecule has 4 nitrogen and oxygen atoms in total. The van der Waals surface area contributed by atoms with Crippen LogP contribution in [-0.2, 0) is 16.6 Å². The molecule has 0 aromatic heterocycles. The van der Waals surface area contributed by atoms with E-state index in [0.29, 0.717) is 31.0 Å². The Morgan fingerprint density at radius 3 is 2.74 bits per heavy atom. The van der Waals surface area contributed by atoms with Gasteiger partial charge in [0.2, 0.25) is 10.0 Å². The highest BCUT2D eigenvalue weighted by Crippen LogP contribution is 2.15. The fourth-order valence-electron chi connectivity index (χ4n) is 1.47. The molecule has 0 heterocycles. The molecule has 0 atom stereocenters. The molecule has 0 radical (unpaired) electrons. The van der Waals surface area contributed by atoms with Crippen molar-refractivity contribution in [2.45, 2.75) is 18.4 Å². The van der Waals surface area contributed by atoms with Gasteiger partial charge in [-0.05, 0) is 31.0 Å². The van der Waals surface area contributed by atoms with Crippen LogP contribution in [0.4, 0.5) is 4.39 Å². The van der Waals surface area contributed by atoms with Crippen LogP contribution in [0.2, 0.25) is 0 Å². The summed E-state index contributed by atoms with van der Waals surface area (Å²) in [5.41, 5.74) is 0.356. The van der Waals surface area contributed by atoms with Gasteiger partial charge in [0, 0.05) is 24.4 Å². The van der Waals surface area contributed by atoms with Gasteiger partial charge in [0.05, 0.1) is 4.90 Å². The van der Waals surface area contributed by atoms with Gasteiger partial charge < -0.3 is 5.32 Å². The first-order valence-electron chi connectivity index (χ1n) is 5.99. The standard InChI is InChI=1S/C12H19FN2O2S2/c1-3-14-9-10-8-11(4-5-12(10)13)19(16,17)15-6-7-18-2/h4-5,8,14-15H,3,6-7,9H2,1-2H3. The number of sulfonamides is 1. The van der Waals surface area contributed by atoms with Gasteiger partial charge in [0.1, 0.15) is 5.82 Å². The highest BCUT2D eigenvalue weighted by molar-refractivity contribution is 7.98. The molecular formula is C12H19FN2O2S2. The molecule has 0 saturated heterocycles. The van der Waals surface area contributed by atoms with E-state index in [4.69, 9.17) is 0 Å². The normalized spacial score (nSPS) is 11.7. The Morgan fingerprint density at radius 1 is 1.37 bits per heavy atom. The van der Waals surface area contributed by atoms with Crippen LogP contribution in [-0.4, -0.2) is 33.5 Å². The molecule has 1 aromatic rings. The number of hydrogen-bond donors (Lipinski definition) is 2. The largest absolute Gasteiger partial charge is 0.313 e. The third-order valence-corrected chi connectivity index (χ3v) is 4.56. The van der Waals surface area contributed by atoms with Gasteiger partial charge in [-0.25, -0.2) is 17.5 Å². The van der Waals surface area contributed by atoms with Crippen molar-refractivity contribution in [3.8, 4) is 0 Å². The second kappa shape index (κ2) is 7.84. The molecule has 7 heteroatoms. The number of thioether (sulfide) groups is 1. The topological polar surface area (TPSA) is 58.2 Å². The van der Waals surface area contributed by atoms with Gasteiger partial charge in [-0.15, -0.1) is 0 Å². The summed E-state index contributed by atoms with van der Waals surface area (Å²) in [5.74, 6) is 0.300. The van der Waals surface area contributed by atoms with Crippen molar-refractivity contribution in [1.82, 2.24) is 10.0 Å². The molecule has 2 N–H and O–H groups in total. The zero-order valence-corrected chi connectivity index (χ0v) is 12.7. The average molecular weight is 306 g/mol. The van der Waals surface area contributed by atoms with Crippen LogP contribution in [0.5, 0.6) is 0 Å². The molecule has 0 bridgehead atoms. The number of benzene rings is 1. The van der Waals surface area contributed by atoms with Gasteiger partial charge >= 0.3 is 0 Å². The van der Waals surface area contributed by atoms with E-state index < -0.39 is 15.8 Å². The van der Waals surface area contributed by atoms with Gasteiger partial charge in [-0.3, -0.25) is 0 Å². The minimum atomic E-state index is -3.55. The third-order valence-electron chi connectivity index (χ3n) is 2.49. The van der Waals surface area contributed by atoms with E-state index in [0.717, 1.165) is 0 Å². The lowest BCUT2D eigenvalue weighted by atomic mass is 10.2. The average Bonchev–Trinajstić information content (AvgIpc) is 2.37. The summed E-state index contributed by atoms with van der Waals surface area (Å²) in [6.45, 7) is 3.28. The first kappa shape index (κ1) is 16.4. The molecule has 0 aliphatic carbocycles. The first-order valence-corrected chi connectivity index (χ1v) is 8.86. The molecular weight excluding hydrogens is 287 g/mol. The van der Waals surface area contributed by atoms with Crippen molar-refractivity contribution in [2.24, 2.45) is 0 Å². The predicted molar refractivity (Wildman–Crippen MR) is 77.4 cm³/mol. The van der Waals surface area contributed by atoms with Gasteiger partial charge in [-0.1, -0.05) is 6.92 Å². The Labute approximate surface area is 118 Å². The Bertz CT molecular complexity index is 506. The summed E-state index contributed by atoms with van der Waals surface area (Å²) < 4.78 is 40.0. The van der Waals surface area contributed by atoms with Crippen molar-refractivity contribution in [2.75, 3.05) is 25.1 Å². The number of hydrogen-bond acceptors (Lipinski definition) is 4. The molecule has 0 amide bonds. The lowest BCUT2D eigenvalue weighted by Crippen LogP contribution is -2.26. The van der Waals surface area contributed by atoms with E-state index in [-0.39, 0.29) is 4.90 Å². The Morgan fingerprint density at radius 2 is 2.11 bits per heavy atom. The summed E-state index contributed by atoms with van der Waals surface area (Å²) in [6.07, 6.45) is 1.90. The predicted octanol–water partition coefficient (Wildman–Crippen LogP) is 1.58. The van der Waals surface area contributed by atoms with E-state index in [1.54, 1.807) is 11.8 Å². The smallest absolute Gasteiger partial charge is 0.240 e. The van der Waals surface area contributed by atoms with E-state index in [1.807, 2.05) is 13.2 Å². The zero-order chi connectivity index (χ0) is 14.3. The summed E-state index contributed by atoms with van der Waals surface area (Å²) in [5, 5.41) is 2.98. The van der Waals surface area contributed by atoms with E-state index in [9.17, 15) is 12.8 Å². The van der Waals surface area contributed by atoms with E-state index >= 15 is 0 Å². The molecule has 0 fully saturated rings. The van der Waals surface area contributed by atoms with Crippen LogP contribution in [0.1, 0.15) is 12.5 Å². The second-order valence-corrected chi connectivity index (χ2v) is 6.68. The minimum absolute atomic E-state index is 0.0999. The van der Waals surface area contributed by atoms with Crippen LogP contribution < -0.4 is 10.0 Å². The summed E-state index contributed by atoms with van der Waals surface area (Å²) in [6, 6.07) is 3.85. The van der Waals surface area contributed by atoms with E-state index in [1.165, 1.54) is 18.2 Å². The van der Waals surface area contributed by atoms with Crippen LogP contribution in [0.15, 0.2) is 23.1 Å². The maximum Gasteiger partial charge on any atom is 0.240 e. The van der Waals surface area contributed by atoms with Crippen molar-refractivity contribution in [3.63, 3.8) is 0 Å². The van der Waals surface area contributed by atoms with Crippen molar-refractivity contribution < 1.29 is 12.8 Å². The van der Waals surface area contributed by atoms with Gasteiger partial charge in [-0.2, -0.15) is 11.8 Å². The summed E-state index contributed by atoms with van der Waals surface area (Å²) in [7, 11) is -3.55. The maximum atomic E-state index is 13.5. The zero-order valence-electron chi connectivity index (χ0n) is 11.1. The Balaban J connectivity index is 2.88. The lowest BCUT2D eigenvalue weighted by molar-refractivity contribution is 0.578. The van der Waals surface area contributed by atoms with E-state index in [2.05, 4.69) is 10.0 Å². The molecule has 1 aromatic carbocycles. The summed E-state index contributed by atoms with van der Waals surface area (Å²) in [4.78, 5) is 0.0999. The quantitative estimate of drug-likeness (QED) is 0.716. The highest BCUT2D eigenvalue weighted by Gasteiger charge is 2.15. The lowest BCUT2D eigenvalue weighted by Gasteiger charge is -2.09. The Hall–Kier alpha value is -0.630. The van der Waals surface area contributed by atoms with Crippen LogP contribution in [0.25, 0.3) is 0 Å². The van der Waals surface area contributed by atoms with Crippen molar-refractivity contribution in [3.05, 3.63) is 29.6 Å². The maximum absolute atomic E-state index is 13.5. The fourth-order valence-corrected chi connectivity index (χ4v) is 2.99. The second-order valence-electron chi connectivity index (χ2n) is 3.92. The van der Waals surface area contributed by atoms with Crippen molar-refractivity contribution in [1.29, 1.82) is 0 Å². The molecule has 0 saturated carbocycles. The molecule has 0 aliphatic heterocycles. The Kier molecular flexibility index (Phi) is 6.78. The van der Waals surface area contributed by atoms with Crippen LogP contribution >= 0.6 is 11.8 Å². The SMILES string of the molecule is CCNCc1cc(S(=O)(=O)NCCSC)ccc1F. The molecule has 0 spiro atoms. The van der Waals surface area contributed by atoms with Crippen LogP contribution in [0, 0.1) is 5.82 Å². The van der Waals surface area contributed by atoms with Crippen LogP contribution in [0.3, 0.4) is 0 Å². The minimum Gasteiger partial charge on any atom is -0.313 e. The molecule has 108 valence electrons. The van der Waals surface area contributed by atoms with Gasteiger partial charge in [0.15, 0.2) is 0 Å². The number of rotatable bonds is 8. The van der Waals surface area contributed by atoms with Crippen molar-refractivity contribution >= 4 is 21.8 Å². The molecule has 0 unspecified atom stereocenters. The molecule has 0 aliphatic rings.